The molecule has 1 fully saturated rings. The van der Waals surface area contributed by atoms with Crippen molar-refractivity contribution in [3.05, 3.63) is 0 Å². The zero-order valence-electron chi connectivity index (χ0n) is 10.7. The fourth-order valence-corrected chi connectivity index (χ4v) is 1.86. The molecule has 0 radical (unpaired) electrons. The van der Waals surface area contributed by atoms with E-state index in [-0.39, 0.29) is 17.9 Å². The van der Waals surface area contributed by atoms with E-state index in [2.05, 4.69) is 16.0 Å². The molecule has 1 aliphatic rings. The number of rotatable bonds is 5. The predicted octanol–water partition coefficient (Wildman–Crippen LogP) is 0.159. The third-order valence-corrected chi connectivity index (χ3v) is 2.93. The first-order valence-electron chi connectivity index (χ1n) is 6.46. The molecule has 0 saturated carbocycles. The molecular formula is C12H23N3O2. The van der Waals surface area contributed by atoms with Crippen molar-refractivity contribution in [1.82, 2.24) is 16.0 Å². The van der Waals surface area contributed by atoms with Gasteiger partial charge in [0.05, 0.1) is 6.04 Å². The molecule has 0 aromatic rings. The Morgan fingerprint density at radius 3 is 2.76 bits per heavy atom. The van der Waals surface area contributed by atoms with Crippen LogP contribution in [-0.2, 0) is 9.59 Å². The maximum atomic E-state index is 11.8. The molecule has 0 aromatic heterocycles. The topological polar surface area (TPSA) is 70.2 Å². The SMILES string of the molecule is CCCNC(=O)C(C)NC(=O)[C@@H]1CCCCN1. The van der Waals surface area contributed by atoms with E-state index >= 15 is 0 Å². The highest BCUT2D eigenvalue weighted by Crippen LogP contribution is 2.06. The van der Waals surface area contributed by atoms with E-state index < -0.39 is 6.04 Å². The minimum absolute atomic E-state index is 0.0659. The molecule has 1 unspecified atom stereocenters. The van der Waals surface area contributed by atoms with Crippen molar-refractivity contribution in [2.75, 3.05) is 13.1 Å². The zero-order valence-corrected chi connectivity index (χ0v) is 10.7. The summed E-state index contributed by atoms with van der Waals surface area (Å²) in [6.07, 6.45) is 3.95. The van der Waals surface area contributed by atoms with Gasteiger partial charge in [0.2, 0.25) is 11.8 Å². The lowest BCUT2D eigenvalue weighted by molar-refractivity contribution is -0.129. The minimum Gasteiger partial charge on any atom is -0.354 e. The average molecular weight is 241 g/mol. The van der Waals surface area contributed by atoms with Crippen LogP contribution < -0.4 is 16.0 Å². The highest BCUT2D eigenvalue weighted by Gasteiger charge is 2.23. The number of nitrogens with one attached hydrogen (secondary N) is 3. The lowest BCUT2D eigenvalue weighted by Gasteiger charge is -2.24. The fraction of sp³-hybridized carbons (Fsp3) is 0.833. The van der Waals surface area contributed by atoms with Gasteiger partial charge in [-0.05, 0) is 32.7 Å². The molecule has 1 heterocycles. The van der Waals surface area contributed by atoms with Crippen molar-refractivity contribution >= 4 is 11.8 Å². The largest absolute Gasteiger partial charge is 0.354 e. The second-order valence-electron chi connectivity index (χ2n) is 4.52. The summed E-state index contributed by atoms with van der Waals surface area (Å²) in [6, 6.07) is -0.594. The van der Waals surface area contributed by atoms with Crippen LogP contribution in [0, 0.1) is 0 Å². The number of piperidine rings is 1. The monoisotopic (exact) mass is 241 g/mol. The van der Waals surface area contributed by atoms with Gasteiger partial charge < -0.3 is 16.0 Å². The number of carbonyl (C=O) groups is 2. The Bertz CT molecular complexity index is 262. The van der Waals surface area contributed by atoms with Crippen LogP contribution in [0.4, 0.5) is 0 Å². The average Bonchev–Trinajstić information content (AvgIpc) is 2.36. The summed E-state index contributed by atoms with van der Waals surface area (Å²) in [5, 5.41) is 8.67. The minimum atomic E-state index is -0.460. The van der Waals surface area contributed by atoms with Crippen LogP contribution in [0.2, 0.25) is 0 Å². The van der Waals surface area contributed by atoms with Gasteiger partial charge in [0.1, 0.15) is 6.04 Å². The molecule has 3 N–H and O–H groups in total. The second kappa shape index (κ2) is 7.27. The third kappa shape index (κ3) is 4.73. The highest BCUT2D eigenvalue weighted by atomic mass is 16.2. The Kier molecular flexibility index (Phi) is 5.97. The van der Waals surface area contributed by atoms with Crippen molar-refractivity contribution in [3.8, 4) is 0 Å². The summed E-state index contributed by atoms with van der Waals surface area (Å²) in [4.78, 5) is 23.4. The van der Waals surface area contributed by atoms with E-state index in [4.69, 9.17) is 0 Å². The van der Waals surface area contributed by atoms with Crippen molar-refractivity contribution in [2.24, 2.45) is 0 Å². The van der Waals surface area contributed by atoms with E-state index in [1.165, 1.54) is 0 Å². The van der Waals surface area contributed by atoms with Crippen LogP contribution in [0.1, 0.15) is 39.5 Å². The molecule has 0 spiro atoms. The second-order valence-corrected chi connectivity index (χ2v) is 4.52. The molecule has 5 nitrogen and oxygen atoms in total. The van der Waals surface area contributed by atoms with Crippen molar-refractivity contribution in [3.63, 3.8) is 0 Å². The Morgan fingerprint density at radius 1 is 1.41 bits per heavy atom. The number of amides is 2. The van der Waals surface area contributed by atoms with Gasteiger partial charge in [0.25, 0.3) is 0 Å². The molecule has 1 rings (SSSR count). The van der Waals surface area contributed by atoms with Gasteiger partial charge in [-0.1, -0.05) is 13.3 Å². The predicted molar refractivity (Wildman–Crippen MR) is 66.5 cm³/mol. The molecule has 0 bridgehead atoms. The lowest BCUT2D eigenvalue weighted by Crippen LogP contribution is -2.52. The Labute approximate surface area is 103 Å². The highest BCUT2D eigenvalue weighted by molar-refractivity contribution is 5.89. The molecule has 5 heteroatoms. The molecule has 2 atom stereocenters. The van der Waals surface area contributed by atoms with Crippen molar-refractivity contribution < 1.29 is 9.59 Å². The van der Waals surface area contributed by atoms with E-state index in [9.17, 15) is 9.59 Å². The summed E-state index contributed by atoms with van der Waals surface area (Å²) < 4.78 is 0. The van der Waals surface area contributed by atoms with Gasteiger partial charge in [-0.3, -0.25) is 9.59 Å². The molecule has 17 heavy (non-hydrogen) atoms. The van der Waals surface area contributed by atoms with Crippen LogP contribution in [0.3, 0.4) is 0 Å². The lowest BCUT2D eigenvalue weighted by atomic mass is 10.0. The summed E-state index contributed by atoms with van der Waals surface area (Å²) in [7, 11) is 0. The number of hydrogen-bond donors (Lipinski definition) is 3. The van der Waals surface area contributed by atoms with Gasteiger partial charge in [-0.2, -0.15) is 0 Å². The first-order valence-corrected chi connectivity index (χ1v) is 6.46. The number of hydrogen-bond acceptors (Lipinski definition) is 3. The van der Waals surface area contributed by atoms with Gasteiger partial charge in [-0.25, -0.2) is 0 Å². The normalized spacial score (nSPS) is 21.6. The summed E-state index contributed by atoms with van der Waals surface area (Å²) in [5.74, 6) is -0.181. The molecular weight excluding hydrogens is 218 g/mol. The quantitative estimate of drug-likeness (QED) is 0.642. The van der Waals surface area contributed by atoms with E-state index in [1.807, 2.05) is 6.92 Å². The first kappa shape index (κ1) is 14.0. The first-order chi connectivity index (χ1) is 8.15. The summed E-state index contributed by atoms with van der Waals surface area (Å²) >= 11 is 0. The molecule has 2 amide bonds. The van der Waals surface area contributed by atoms with Crippen molar-refractivity contribution in [1.29, 1.82) is 0 Å². The Balaban J connectivity index is 2.31. The van der Waals surface area contributed by atoms with Gasteiger partial charge in [0.15, 0.2) is 0 Å². The van der Waals surface area contributed by atoms with Crippen LogP contribution >= 0.6 is 0 Å². The smallest absolute Gasteiger partial charge is 0.242 e. The molecule has 0 aromatic carbocycles. The Morgan fingerprint density at radius 2 is 2.18 bits per heavy atom. The van der Waals surface area contributed by atoms with Crippen molar-refractivity contribution in [2.45, 2.75) is 51.6 Å². The Hall–Kier alpha value is -1.10. The van der Waals surface area contributed by atoms with Gasteiger partial charge >= 0.3 is 0 Å². The zero-order chi connectivity index (χ0) is 12.7. The van der Waals surface area contributed by atoms with Crippen LogP contribution in [0.15, 0.2) is 0 Å². The summed E-state index contributed by atoms with van der Waals surface area (Å²) in [5.41, 5.74) is 0. The third-order valence-electron chi connectivity index (χ3n) is 2.93. The van der Waals surface area contributed by atoms with E-state index in [1.54, 1.807) is 6.92 Å². The van der Waals surface area contributed by atoms with Crippen LogP contribution in [-0.4, -0.2) is 37.0 Å². The summed E-state index contributed by atoms with van der Waals surface area (Å²) in [6.45, 7) is 5.25. The van der Waals surface area contributed by atoms with E-state index in [0.717, 1.165) is 32.2 Å². The molecule has 1 aliphatic heterocycles. The fourth-order valence-electron chi connectivity index (χ4n) is 1.86. The maximum Gasteiger partial charge on any atom is 0.242 e. The van der Waals surface area contributed by atoms with Gasteiger partial charge in [-0.15, -0.1) is 0 Å². The molecule has 0 aliphatic carbocycles. The van der Waals surface area contributed by atoms with Gasteiger partial charge in [0, 0.05) is 6.54 Å². The number of carbonyl (C=O) groups excluding carboxylic acids is 2. The standard InChI is InChI=1S/C12H23N3O2/c1-3-7-14-11(16)9(2)15-12(17)10-6-4-5-8-13-10/h9-10,13H,3-8H2,1-2H3,(H,14,16)(H,15,17)/t9?,10-/m0/s1. The molecule has 98 valence electrons. The maximum absolute atomic E-state index is 11.8. The van der Waals surface area contributed by atoms with Crippen LogP contribution in [0.5, 0.6) is 0 Å². The van der Waals surface area contributed by atoms with E-state index in [0.29, 0.717) is 6.54 Å². The molecule has 1 saturated heterocycles. The van der Waals surface area contributed by atoms with Crippen LogP contribution in [0.25, 0.3) is 0 Å².